The molecule has 6 heteroatoms. The zero-order chi connectivity index (χ0) is 19.4. The molecule has 27 heavy (non-hydrogen) atoms. The number of fused-ring (bicyclic) bond motifs is 1. The van der Waals surface area contributed by atoms with Crippen LogP contribution < -0.4 is 10.6 Å². The van der Waals surface area contributed by atoms with Gasteiger partial charge in [-0.15, -0.1) is 0 Å². The predicted octanol–water partition coefficient (Wildman–Crippen LogP) is 3.21. The van der Waals surface area contributed by atoms with Crippen LogP contribution in [0.5, 0.6) is 0 Å². The van der Waals surface area contributed by atoms with E-state index in [1.54, 1.807) is 12.1 Å². The molecule has 0 spiro atoms. The van der Waals surface area contributed by atoms with Crippen LogP contribution in [-0.2, 0) is 35.8 Å². The highest BCUT2D eigenvalue weighted by molar-refractivity contribution is 7.91. The van der Waals surface area contributed by atoms with Gasteiger partial charge in [-0.25, -0.2) is 13.2 Å². The molecule has 0 atom stereocenters. The Morgan fingerprint density at radius 1 is 1.04 bits per heavy atom. The van der Waals surface area contributed by atoms with E-state index in [0.717, 1.165) is 23.1 Å². The molecule has 0 aliphatic carbocycles. The number of sulfone groups is 1. The third-order valence-electron chi connectivity index (χ3n) is 4.74. The molecule has 0 unspecified atom stereocenters. The Balaban J connectivity index is 1.54. The van der Waals surface area contributed by atoms with E-state index >= 15 is 0 Å². The number of rotatable bonds is 6. The molecule has 1 aliphatic rings. The summed E-state index contributed by atoms with van der Waals surface area (Å²) in [5, 5.41) is 5.74. The van der Waals surface area contributed by atoms with Crippen LogP contribution in [0, 0.1) is 5.92 Å². The maximum absolute atomic E-state index is 12.1. The van der Waals surface area contributed by atoms with Crippen molar-refractivity contribution in [3.05, 3.63) is 64.7 Å². The zero-order valence-corrected chi connectivity index (χ0v) is 16.6. The van der Waals surface area contributed by atoms with E-state index in [4.69, 9.17) is 0 Å². The van der Waals surface area contributed by atoms with Gasteiger partial charge in [0.2, 0.25) is 0 Å². The first kappa shape index (κ1) is 19.4. The number of urea groups is 1. The number of hydrogen-bond acceptors (Lipinski definition) is 3. The van der Waals surface area contributed by atoms with Gasteiger partial charge in [0, 0.05) is 13.1 Å². The fraction of sp³-hybridized carbons (Fsp3) is 0.381. The Bertz CT molecular complexity index is 936. The molecular formula is C21H26N2O3S. The standard InChI is InChI=1S/C21H26N2O3S/c1-15(2)11-17-5-3-4-6-19(17)14-23-21(24)22-13-16-7-8-20-18(12-16)9-10-27(20,25)26/h3-8,12,15H,9-11,13-14H2,1-2H3,(H2,22,23,24). The van der Waals surface area contributed by atoms with Crippen molar-refractivity contribution in [3.63, 3.8) is 0 Å². The summed E-state index contributed by atoms with van der Waals surface area (Å²) in [5.41, 5.74) is 4.13. The summed E-state index contributed by atoms with van der Waals surface area (Å²) in [6, 6.07) is 13.2. The summed E-state index contributed by atoms with van der Waals surface area (Å²) in [6.07, 6.45) is 1.53. The van der Waals surface area contributed by atoms with Crippen LogP contribution in [0.15, 0.2) is 47.4 Å². The third kappa shape index (κ3) is 4.89. The van der Waals surface area contributed by atoms with Crippen molar-refractivity contribution in [2.24, 2.45) is 5.92 Å². The second-order valence-electron chi connectivity index (χ2n) is 7.41. The normalized spacial score (nSPS) is 14.8. The monoisotopic (exact) mass is 386 g/mol. The fourth-order valence-corrected chi connectivity index (χ4v) is 4.93. The summed E-state index contributed by atoms with van der Waals surface area (Å²) in [5.74, 6) is 0.735. The summed E-state index contributed by atoms with van der Waals surface area (Å²) in [4.78, 5) is 12.6. The van der Waals surface area contributed by atoms with Gasteiger partial charge in [-0.3, -0.25) is 0 Å². The molecule has 2 aromatic carbocycles. The number of amides is 2. The summed E-state index contributed by atoms with van der Waals surface area (Å²) < 4.78 is 23.7. The van der Waals surface area contributed by atoms with E-state index in [1.807, 2.05) is 24.3 Å². The molecule has 2 N–H and O–H groups in total. The number of carbonyl (C=O) groups is 1. The molecule has 0 fully saturated rings. The molecule has 1 heterocycles. The van der Waals surface area contributed by atoms with Gasteiger partial charge >= 0.3 is 6.03 Å². The molecule has 0 aromatic heterocycles. The summed E-state index contributed by atoms with van der Waals surface area (Å²) in [6.45, 7) is 5.21. The molecule has 0 saturated carbocycles. The molecule has 0 radical (unpaired) electrons. The minimum atomic E-state index is -3.11. The van der Waals surface area contributed by atoms with Gasteiger partial charge in [0.25, 0.3) is 0 Å². The second kappa shape index (κ2) is 8.13. The highest BCUT2D eigenvalue weighted by atomic mass is 32.2. The molecule has 1 aliphatic heterocycles. The number of aryl methyl sites for hydroxylation is 1. The quantitative estimate of drug-likeness (QED) is 0.800. The second-order valence-corrected chi connectivity index (χ2v) is 9.49. The smallest absolute Gasteiger partial charge is 0.315 e. The molecule has 3 rings (SSSR count). The average molecular weight is 387 g/mol. The molecule has 5 nitrogen and oxygen atoms in total. The molecule has 2 aromatic rings. The highest BCUT2D eigenvalue weighted by Crippen LogP contribution is 2.26. The lowest BCUT2D eigenvalue weighted by molar-refractivity contribution is 0.240. The van der Waals surface area contributed by atoms with Gasteiger partial charge in [0.15, 0.2) is 9.84 Å². The predicted molar refractivity (Wildman–Crippen MR) is 106 cm³/mol. The minimum absolute atomic E-state index is 0.176. The van der Waals surface area contributed by atoms with E-state index in [1.165, 1.54) is 5.56 Å². The lowest BCUT2D eigenvalue weighted by Gasteiger charge is -2.13. The number of nitrogens with one attached hydrogen (secondary N) is 2. The van der Waals surface area contributed by atoms with Crippen molar-refractivity contribution in [1.29, 1.82) is 0 Å². The van der Waals surface area contributed by atoms with Crippen LogP contribution in [-0.4, -0.2) is 20.2 Å². The van der Waals surface area contributed by atoms with Crippen LogP contribution in [0.1, 0.15) is 36.1 Å². The van der Waals surface area contributed by atoms with E-state index in [9.17, 15) is 13.2 Å². The molecule has 0 saturated heterocycles. The Hall–Kier alpha value is -2.34. The first-order chi connectivity index (χ1) is 12.8. The van der Waals surface area contributed by atoms with Crippen LogP contribution in [0.25, 0.3) is 0 Å². The molecule has 0 bridgehead atoms. The van der Waals surface area contributed by atoms with E-state index in [0.29, 0.717) is 30.3 Å². The lowest BCUT2D eigenvalue weighted by Crippen LogP contribution is -2.34. The van der Waals surface area contributed by atoms with Crippen molar-refractivity contribution in [1.82, 2.24) is 10.6 Å². The van der Waals surface area contributed by atoms with Gasteiger partial charge in [-0.1, -0.05) is 50.2 Å². The fourth-order valence-electron chi connectivity index (χ4n) is 3.39. The summed E-state index contributed by atoms with van der Waals surface area (Å²) in [7, 11) is -3.11. The first-order valence-electron chi connectivity index (χ1n) is 9.28. The number of benzene rings is 2. The van der Waals surface area contributed by atoms with E-state index in [-0.39, 0.29) is 11.8 Å². The number of hydrogen-bond donors (Lipinski definition) is 2. The Morgan fingerprint density at radius 3 is 2.48 bits per heavy atom. The maximum Gasteiger partial charge on any atom is 0.315 e. The SMILES string of the molecule is CC(C)Cc1ccccc1CNC(=O)NCc1ccc2c(c1)CCS2(=O)=O. The van der Waals surface area contributed by atoms with Crippen LogP contribution in [0.4, 0.5) is 4.79 Å². The molecule has 144 valence electrons. The largest absolute Gasteiger partial charge is 0.334 e. The van der Waals surface area contributed by atoms with Crippen molar-refractivity contribution in [2.45, 2.75) is 44.7 Å². The minimum Gasteiger partial charge on any atom is -0.334 e. The zero-order valence-electron chi connectivity index (χ0n) is 15.8. The van der Waals surface area contributed by atoms with Crippen molar-refractivity contribution in [3.8, 4) is 0 Å². The van der Waals surface area contributed by atoms with Crippen LogP contribution in [0.3, 0.4) is 0 Å². The Morgan fingerprint density at radius 2 is 1.74 bits per heavy atom. The van der Waals surface area contributed by atoms with Crippen molar-refractivity contribution in [2.75, 3.05) is 5.75 Å². The Labute approximate surface area is 161 Å². The summed E-state index contributed by atoms with van der Waals surface area (Å²) >= 11 is 0. The Kier molecular flexibility index (Phi) is 5.85. The molecule has 2 amide bonds. The van der Waals surface area contributed by atoms with Crippen molar-refractivity contribution >= 4 is 15.9 Å². The topological polar surface area (TPSA) is 75.3 Å². The first-order valence-corrected chi connectivity index (χ1v) is 10.9. The van der Waals surface area contributed by atoms with Crippen LogP contribution >= 0.6 is 0 Å². The van der Waals surface area contributed by atoms with Gasteiger partial charge in [-0.05, 0) is 47.1 Å². The van der Waals surface area contributed by atoms with E-state index in [2.05, 4.69) is 30.5 Å². The lowest BCUT2D eigenvalue weighted by atomic mass is 9.98. The van der Waals surface area contributed by atoms with E-state index < -0.39 is 9.84 Å². The van der Waals surface area contributed by atoms with Crippen LogP contribution in [0.2, 0.25) is 0 Å². The maximum atomic E-state index is 12.1. The van der Waals surface area contributed by atoms with Gasteiger partial charge < -0.3 is 10.6 Å². The van der Waals surface area contributed by atoms with Gasteiger partial charge in [0.1, 0.15) is 0 Å². The van der Waals surface area contributed by atoms with Crippen molar-refractivity contribution < 1.29 is 13.2 Å². The van der Waals surface area contributed by atoms with Gasteiger partial charge in [0.05, 0.1) is 10.6 Å². The average Bonchev–Trinajstić information content (AvgIpc) is 2.93. The number of carbonyl (C=O) groups excluding carboxylic acids is 1. The third-order valence-corrected chi connectivity index (χ3v) is 6.55. The van der Waals surface area contributed by atoms with Gasteiger partial charge in [-0.2, -0.15) is 0 Å². The molecular weight excluding hydrogens is 360 g/mol. The highest BCUT2D eigenvalue weighted by Gasteiger charge is 2.25.